The molecule has 1 amide bonds. The number of anilines is 2. The molecule has 0 unspecified atom stereocenters. The fourth-order valence-electron chi connectivity index (χ4n) is 3.40. The van der Waals surface area contributed by atoms with Crippen molar-refractivity contribution in [3.8, 4) is 11.5 Å². The molecule has 8 nitrogen and oxygen atoms in total. The molecule has 29 heavy (non-hydrogen) atoms. The van der Waals surface area contributed by atoms with Gasteiger partial charge in [-0.15, -0.1) is 0 Å². The van der Waals surface area contributed by atoms with Crippen LogP contribution in [-0.2, 0) is 0 Å². The van der Waals surface area contributed by atoms with Crippen LogP contribution in [-0.4, -0.2) is 17.9 Å². The molecule has 3 aromatic rings. The van der Waals surface area contributed by atoms with Crippen molar-refractivity contribution in [1.82, 2.24) is 0 Å². The Labute approximate surface area is 166 Å². The Morgan fingerprint density at radius 2 is 1.76 bits per heavy atom. The van der Waals surface area contributed by atoms with Gasteiger partial charge in [-0.25, -0.2) is 0 Å². The fraction of sp³-hybridized carbons (Fsp3) is 0.0952. The van der Waals surface area contributed by atoms with Crippen molar-refractivity contribution in [2.75, 3.05) is 17.3 Å². The number of nitrogens with one attached hydrogen (secondary N) is 1. The van der Waals surface area contributed by atoms with Crippen LogP contribution in [0.2, 0.25) is 0 Å². The molecule has 0 bridgehead atoms. The van der Waals surface area contributed by atoms with Crippen molar-refractivity contribution < 1.29 is 19.6 Å². The highest BCUT2D eigenvalue weighted by molar-refractivity contribution is 6.12. The highest BCUT2D eigenvalue weighted by Crippen LogP contribution is 2.41. The molecule has 0 aromatic heterocycles. The molecule has 1 heterocycles. The summed E-state index contributed by atoms with van der Waals surface area (Å²) < 4.78 is 5.06. The van der Waals surface area contributed by atoms with E-state index in [0.29, 0.717) is 22.5 Å². The van der Waals surface area contributed by atoms with E-state index in [1.165, 1.54) is 24.1 Å². The molecule has 0 spiro atoms. The molecular formula is C21H16N3O5-. The lowest BCUT2D eigenvalue weighted by molar-refractivity contribution is -0.398. The van der Waals surface area contributed by atoms with Gasteiger partial charge in [0.15, 0.2) is 0 Å². The highest BCUT2D eigenvalue weighted by Gasteiger charge is 2.35. The minimum atomic E-state index is -0.810. The van der Waals surface area contributed by atoms with E-state index in [0.717, 1.165) is 0 Å². The number of hydrogen-bond acceptors (Lipinski definition) is 6. The zero-order valence-electron chi connectivity index (χ0n) is 15.4. The van der Waals surface area contributed by atoms with Gasteiger partial charge < -0.3 is 15.2 Å². The van der Waals surface area contributed by atoms with Crippen LogP contribution in [0.5, 0.6) is 11.5 Å². The normalized spacial score (nSPS) is 15.4. The maximum Gasteiger partial charge on any atom is 0.265 e. The third-order valence-electron chi connectivity index (χ3n) is 4.75. The molecule has 1 N–H and O–H groups in total. The largest absolute Gasteiger partial charge is 0.865 e. The molecule has 0 saturated heterocycles. The molecule has 1 aliphatic heterocycles. The van der Waals surface area contributed by atoms with Gasteiger partial charge in [-0.2, -0.15) is 0 Å². The van der Waals surface area contributed by atoms with Gasteiger partial charge in [0, 0.05) is 28.8 Å². The summed E-state index contributed by atoms with van der Waals surface area (Å²) in [4.78, 5) is 25.4. The Morgan fingerprint density at radius 1 is 1.07 bits per heavy atom. The topological polar surface area (TPSA) is 108 Å². The van der Waals surface area contributed by atoms with Crippen LogP contribution < -0.4 is 20.1 Å². The van der Waals surface area contributed by atoms with Crippen LogP contribution in [0.15, 0.2) is 66.7 Å². The van der Waals surface area contributed by atoms with E-state index in [-0.39, 0.29) is 11.7 Å². The first-order valence-electron chi connectivity index (χ1n) is 8.78. The van der Waals surface area contributed by atoms with Gasteiger partial charge in [0.05, 0.1) is 17.6 Å². The molecular weight excluding hydrogens is 374 g/mol. The third kappa shape index (κ3) is 3.10. The summed E-state index contributed by atoms with van der Waals surface area (Å²) in [6.45, 7) is 0. The zero-order valence-corrected chi connectivity index (χ0v) is 15.4. The number of nitro benzene ring substituents is 1. The summed E-state index contributed by atoms with van der Waals surface area (Å²) in [5.74, 6) is -1.23. The van der Waals surface area contributed by atoms with Gasteiger partial charge in [-0.1, -0.05) is 30.3 Å². The van der Waals surface area contributed by atoms with Crippen molar-refractivity contribution in [3.05, 3.63) is 88.0 Å². The molecule has 0 fully saturated rings. The summed E-state index contributed by atoms with van der Waals surface area (Å²) >= 11 is 0. The van der Waals surface area contributed by atoms with Gasteiger partial charge in [-0.3, -0.25) is 19.8 Å². The summed E-state index contributed by atoms with van der Waals surface area (Å²) in [5, 5.41) is 26.9. The lowest BCUT2D eigenvalue weighted by Crippen LogP contribution is -2.43. The van der Waals surface area contributed by atoms with Crippen molar-refractivity contribution in [2.45, 2.75) is 6.17 Å². The van der Waals surface area contributed by atoms with Crippen molar-refractivity contribution in [1.29, 1.82) is 0 Å². The lowest BCUT2D eigenvalue weighted by Gasteiger charge is -2.38. The molecule has 4 rings (SSSR count). The quantitative estimate of drug-likeness (QED) is 0.540. The molecule has 8 heteroatoms. The fourth-order valence-corrected chi connectivity index (χ4v) is 3.40. The maximum atomic E-state index is 13.3. The lowest BCUT2D eigenvalue weighted by atomic mass is 10.0. The number of para-hydroxylation sites is 2. The molecule has 146 valence electrons. The maximum absolute atomic E-state index is 13.3. The number of fused-ring (bicyclic) bond motifs is 1. The van der Waals surface area contributed by atoms with Crippen molar-refractivity contribution in [3.63, 3.8) is 0 Å². The van der Waals surface area contributed by atoms with Gasteiger partial charge in [0.2, 0.25) is 0 Å². The van der Waals surface area contributed by atoms with Crippen LogP contribution >= 0.6 is 0 Å². The molecule has 0 radical (unpaired) electrons. The first-order chi connectivity index (χ1) is 14.0. The average molecular weight is 390 g/mol. The number of carbonyl (C=O) groups is 1. The predicted molar refractivity (Wildman–Crippen MR) is 105 cm³/mol. The Balaban J connectivity index is 1.92. The number of nitro groups is 1. The minimum absolute atomic E-state index is 0.157. The van der Waals surface area contributed by atoms with E-state index in [9.17, 15) is 20.0 Å². The minimum Gasteiger partial charge on any atom is -0.865 e. The number of amides is 1. The first kappa shape index (κ1) is 18.3. The number of rotatable bonds is 4. The Hall–Kier alpha value is -4.07. The second kappa shape index (κ2) is 7.16. The second-order valence-corrected chi connectivity index (χ2v) is 6.43. The number of nitrogens with zero attached hydrogens (tertiary/aromatic N) is 2. The SMILES string of the molecule is COc1cc([C@@H]2Nc3ccccc3C(=O)N2c2ccccc2)cc([N+](=O)[O-])c1[O-]. The van der Waals surface area contributed by atoms with Crippen LogP contribution in [0.4, 0.5) is 17.1 Å². The van der Waals surface area contributed by atoms with Gasteiger partial charge in [0.25, 0.3) is 11.6 Å². The van der Waals surface area contributed by atoms with Gasteiger partial charge in [-0.05, 0) is 30.3 Å². The van der Waals surface area contributed by atoms with E-state index in [2.05, 4.69) is 5.32 Å². The number of hydrogen-bond donors (Lipinski definition) is 1. The summed E-state index contributed by atoms with van der Waals surface area (Å²) in [7, 11) is 1.27. The second-order valence-electron chi connectivity index (χ2n) is 6.43. The third-order valence-corrected chi connectivity index (χ3v) is 4.75. The number of carbonyl (C=O) groups excluding carboxylic acids is 1. The summed E-state index contributed by atoms with van der Waals surface area (Å²) in [5.41, 5.74) is 1.44. The molecule has 0 saturated carbocycles. The van der Waals surface area contributed by atoms with Crippen LogP contribution in [0.25, 0.3) is 0 Å². The smallest absolute Gasteiger partial charge is 0.265 e. The van der Waals surface area contributed by atoms with E-state index < -0.39 is 22.5 Å². The van der Waals surface area contributed by atoms with Crippen LogP contribution in [0.1, 0.15) is 22.1 Å². The van der Waals surface area contributed by atoms with Crippen molar-refractivity contribution in [2.24, 2.45) is 0 Å². The van der Waals surface area contributed by atoms with Gasteiger partial charge in [0.1, 0.15) is 11.9 Å². The van der Waals surface area contributed by atoms with E-state index in [4.69, 9.17) is 4.74 Å². The van der Waals surface area contributed by atoms with E-state index >= 15 is 0 Å². The van der Waals surface area contributed by atoms with Crippen LogP contribution in [0, 0.1) is 10.1 Å². The Kier molecular flexibility index (Phi) is 4.52. The van der Waals surface area contributed by atoms with Crippen molar-refractivity contribution >= 4 is 23.0 Å². The zero-order chi connectivity index (χ0) is 20.5. The Morgan fingerprint density at radius 3 is 2.45 bits per heavy atom. The standard InChI is InChI=1S/C21H17N3O5/c1-29-18-12-13(11-17(19(18)25)24(27)28)20-22-16-10-6-5-9-15(16)21(26)23(20)14-7-3-2-4-8-14/h2-12,20,22,25H,1H3/p-1/t20-/m1/s1. The molecule has 1 atom stereocenters. The molecule has 3 aromatic carbocycles. The summed E-state index contributed by atoms with van der Waals surface area (Å²) in [6.07, 6.45) is -0.770. The van der Waals surface area contributed by atoms with Crippen LogP contribution in [0.3, 0.4) is 0 Å². The number of ether oxygens (including phenoxy) is 1. The first-order valence-corrected chi connectivity index (χ1v) is 8.78. The highest BCUT2D eigenvalue weighted by atomic mass is 16.6. The van der Waals surface area contributed by atoms with E-state index in [1.54, 1.807) is 48.5 Å². The molecule has 1 aliphatic rings. The monoisotopic (exact) mass is 390 g/mol. The number of benzene rings is 3. The number of methoxy groups -OCH3 is 1. The van der Waals surface area contributed by atoms with E-state index in [1.807, 2.05) is 6.07 Å². The average Bonchev–Trinajstić information content (AvgIpc) is 2.74. The predicted octanol–water partition coefficient (Wildman–Crippen LogP) is 3.45. The molecule has 0 aliphatic carbocycles. The summed E-state index contributed by atoms with van der Waals surface area (Å²) in [6, 6.07) is 18.6. The van der Waals surface area contributed by atoms with Gasteiger partial charge >= 0.3 is 0 Å². The Bertz CT molecular complexity index is 1100.